The van der Waals surface area contributed by atoms with Crippen molar-refractivity contribution in [3.8, 4) is 0 Å². The predicted molar refractivity (Wildman–Crippen MR) is 56.9 cm³/mol. The quantitative estimate of drug-likeness (QED) is 0.690. The smallest absolute Gasteiger partial charge is 0.191 e. The van der Waals surface area contributed by atoms with Crippen molar-refractivity contribution in [3.05, 3.63) is 0 Å². The van der Waals surface area contributed by atoms with Gasteiger partial charge in [-0.1, -0.05) is 27.7 Å². The molecule has 76 valence electrons. The van der Waals surface area contributed by atoms with Gasteiger partial charge in [-0.3, -0.25) is 4.99 Å². The highest BCUT2D eigenvalue weighted by atomic mass is 15.2. The van der Waals surface area contributed by atoms with Crippen LogP contribution in [0.4, 0.5) is 0 Å². The molecule has 0 amide bonds. The highest BCUT2D eigenvalue weighted by Gasteiger charge is 2.22. The van der Waals surface area contributed by atoms with Crippen molar-refractivity contribution < 1.29 is 0 Å². The summed E-state index contributed by atoms with van der Waals surface area (Å²) in [5, 5.41) is 6.55. The Labute approximate surface area is 81.0 Å². The lowest BCUT2D eigenvalue weighted by Crippen LogP contribution is -2.41. The SMILES string of the molecule is CC(C)C(C)(C)CNC1=NCCN1. The van der Waals surface area contributed by atoms with E-state index >= 15 is 0 Å². The Morgan fingerprint density at radius 3 is 2.69 bits per heavy atom. The van der Waals surface area contributed by atoms with Crippen LogP contribution < -0.4 is 10.6 Å². The lowest BCUT2D eigenvalue weighted by molar-refractivity contribution is 0.250. The van der Waals surface area contributed by atoms with Gasteiger partial charge in [-0.05, 0) is 11.3 Å². The van der Waals surface area contributed by atoms with Crippen LogP contribution in [0.2, 0.25) is 0 Å². The van der Waals surface area contributed by atoms with Crippen molar-refractivity contribution in [1.29, 1.82) is 0 Å². The fourth-order valence-electron chi connectivity index (χ4n) is 1.03. The van der Waals surface area contributed by atoms with Crippen molar-refractivity contribution >= 4 is 5.96 Å². The van der Waals surface area contributed by atoms with Gasteiger partial charge in [-0.2, -0.15) is 0 Å². The first-order chi connectivity index (χ1) is 6.02. The maximum atomic E-state index is 4.29. The molecule has 2 N–H and O–H groups in total. The van der Waals surface area contributed by atoms with Gasteiger partial charge in [0, 0.05) is 13.1 Å². The standard InChI is InChI=1S/C10H21N3/c1-8(2)10(3,4)7-13-9-11-5-6-12-9/h8H,5-7H2,1-4H3,(H2,11,12,13). The molecule has 0 aliphatic carbocycles. The molecule has 3 nitrogen and oxygen atoms in total. The Bertz CT molecular complexity index is 194. The molecule has 0 aromatic rings. The zero-order valence-corrected chi connectivity index (χ0v) is 9.15. The number of rotatable bonds is 3. The van der Waals surface area contributed by atoms with Crippen molar-refractivity contribution in [2.24, 2.45) is 16.3 Å². The van der Waals surface area contributed by atoms with Gasteiger partial charge in [-0.25, -0.2) is 0 Å². The number of aliphatic imine (C=N–C) groups is 1. The Hall–Kier alpha value is -0.730. The second-order valence-electron chi connectivity index (χ2n) is 4.65. The Kier molecular flexibility index (Phi) is 3.17. The van der Waals surface area contributed by atoms with E-state index in [4.69, 9.17) is 0 Å². The fraction of sp³-hybridized carbons (Fsp3) is 0.900. The maximum Gasteiger partial charge on any atom is 0.191 e. The lowest BCUT2D eigenvalue weighted by atomic mass is 9.81. The van der Waals surface area contributed by atoms with Crippen LogP contribution in [0.15, 0.2) is 4.99 Å². The molecule has 0 fully saturated rings. The summed E-state index contributed by atoms with van der Waals surface area (Å²) in [7, 11) is 0. The van der Waals surface area contributed by atoms with Crippen LogP contribution in [0, 0.1) is 11.3 Å². The molecule has 1 rings (SSSR count). The van der Waals surface area contributed by atoms with Crippen LogP contribution in [0.5, 0.6) is 0 Å². The molecule has 0 aromatic heterocycles. The summed E-state index contributed by atoms with van der Waals surface area (Å²) in [6.07, 6.45) is 0. The van der Waals surface area contributed by atoms with Crippen molar-refractivity contribution in [3.63, 3.8) is 0 Å². The number of nitrogens with one attached hydrogen (secondary N) is 2. The first-order valence-corrected chi connectivity index (χ1v) is 5.04. The third kappa shape index (κ3) is 2.90. The van der Waals surface area contributed by atoms with Gasteiger partial charge >= 0.3 is 0 Å². The molecule has 0 atom stereocenters. The minimum Gasteiger partial charge on any atom is -0.356 e. The molecule has 13 heavy (non-hydrogen) atoms. The van der Waals surface area contributed by atoms with E-state index in [1.165, 1.54) is 0 Å². The average Bonchev–Trinajstić information content (AvgIpc) is 2.52. The van der Waals surface area contributed by atoms with Gasteiger partial charge in [0.15, 0.2) is 5.96 Å². The summed E-state index contributed by atoms with van der Waals surface area (Å²) < 4.78 is 0. The zero-order chi connectivity index (χ0) is 9.90. The minimum atomic E-state index is 0.326. The van der Waals surface area contributed by atoms with E-state index in [-0.39, 0.29) is 0 Å². The minimum absolute atomic E-state index is 0.326. The van der Waals surface area contributed by atoms with E-state index in [0.717, 1.165) is 25.6 Å². The van der Waals surface area contributed by atoms with E-state index in [1.807, 2.05) is 0 Å². The average molecular weight is 183 g/mol. The second kappa shape index (κ2) is 3.99. The van der Waals surface area contributed by atoms with Gasteiger partial charge in [0.1, 0.15) is 0 Å². The van der Waals surface area contributed by atoms with Crippen LogP contribution in [0.3, 0.4) is 0 Å². The third-order valence-electron chi connectivity index (χ3n) is 2.95. The van der Waals surface area contributed by atoms with Gasteiger partial charge in [0.2, 0.25) is 0 Å². The zero-order valence-electron chi connectivity index (χ0n) is 9.15. The highest BCUT2D eigenvalue weighted by molar-refractivity contribution is 5.81. The molecule has 1 heterocycles. The molecule has 0 saturated carbocycles. The first kappa shape index (κ1) is 10.4. The highest BCUT2D eigenvalue weighted by Crippen LogP contribution is 2.24. The molecular weight excluding hydrogens is 162 g/mol. The second-order valence-corrected chi connectivity index (χ2v) is 4.65. The Balaban J connectivity index is 2.32. The van der Waals surface area contributed by atoms with E-state index in [1.54, 1.807) is 0 Å². The Morgan fingerprint density at radius 2 is 2.23 bits per heavy atom. The number of hydrogen-bond donors (Lipinski definition) is 2. The normalized spacial score (nSPS) is 17.2. The molecule has 1 aliphatic rings. The molecular formula is C10H21N3. The molecule has 0 aromatic carbocycles. The summed E-state index contributed by atoms with van der Waals surface area (Å²) in [5.41, 5.74) is 0.326. The van der Waals surface area contributed by atoms with Gasteiger partial charge in [0.05, 0.1) is 6.54 Å². The molecule has 0 spiro atoms. The Morgan fingerprint density at radius 1 is 1.54 bits per heavy atom. The van der Waals surface area contributed by atoms with E-state index in [0.29, 0.717) is 11.3 Å². The maximum absolute atomic E-state index is 4.29. The molecule has 1 aliphatic heterocycles. The number of nitrogens with zero attached hydrogens (tertiary/aromatic N) is 1. The monoisotopic (exact) mass is 183 g/mol. The van der Waals surface area contributed by atoms with Crippen LogP contribution in [0.1, 0.15) is 27.7 Å². The summed E-state index contributed by atoms with van der Waals surface area (Å²) in [5.74, 6) is 1.65. The third-order valence-corrected chi connectivity index (χ3v) is 2.95. The number of hydrogen-bond acceptors (Lipinski definition) is 3. The largest absolute Gasteiger partial charge is 0.356 e. The molecule has 0 unspecified atom stereocenters. The number of guanidine groups is 1. The van der Waals surface area contributed by atoms with Gasteiger partial charge in [0.25, 0.3) is 0 Å². The summed E-state index contributed by atoms with van der Waals surface area (Å²) in [4.78, 5) is 4.29. The topological polar surface area (TPSA) is 36.4 Å². The molecule has 0 radical (unpaired) electrons. The summed E-state index contributed by atoms with van der Waals surface area (Å²) in [6.45, 7) is 11.9. The van der Waals surface area contributed by atoms with Crippen LogP contribution in [-0.2, 0) is 0 Å². The van der Waals surface area contributed by atoms with Crippen LogP contribution >= 0.6 is 0 Å². The summed E-state index contributed by atoms with van der Waals surface area (Å²) in [6, 6.07) is 0. The molecule has 0 bridgehead atoms. The fourth-order valence-corrected chi connectivity index (χ4v) is 1.03. The van der Waals surface area contributed by atoms with Gasteiger partial charge < -0.3 is 10.6 Å². The lowest BCUT2D eigenvalue weighted by Gasteiger charge is -2.29. The van der Waals surface area contributed by atoms with Crippen molar-refractivity contribution in [2.75, 3.05) is 19.6 Å². The van der Waals surface area contributed by atoms with E-state index in [2.05, 4.69) is 43.3 Å². The van der Waals surface area contributed by atoms with Crippen LogP contribution in [-0.4, -0.2) is 25.6 Å². The van der Waals surface area contributed by atoms with E-state index in [9.17, 15) is 0 Å². The summed E-state index contributed by atoms with van der Waals surface area (Å²) >= 11 is 0. The predicted octanol–water partition coefficient (Wildman–Crippen LogP) is 1.22. The van der Waals surface area contributed by atoms with Crippen molar-refractivity contribution in [2.45, 2.75) is 27.7 Å². The van der Waals surface area contributed by atoms with Crippen LogP contribution in [0.25, 0.3) is 0 Å². The molecule has 0 saturated heterocycles. The van der Waals surface area contributed by atoms with E-state index < -0.39 is 0 Å². The molecule has 3 heteroatoms. The van der Waals surface area contributed by atoms with Gasteiger partial charge in [-0.15, -0.1) is 0 Å². The van der Waals surface area contributed by atoms with Crippen molar-refractivity contribution in [1.82, 2.24) is 10.6 Å². The first-order valence-electron chi connectivity index (χ1n) is 5.04.